The maximum absolute atomic E-state index is 6.85. The van der Waals surface area contributed by atoms with Gasteiger partial charge in [0.05, 0.1) is 0 Å². The summed E-state index contributed by atoms with van der Waals surface area (Å²) in [5, 5.41) is 4.10. The smallest absolute Gasteiger partial charge is 0.164 e. The van der Waals surface area contributed by atoms with Gasteiger partial charge in [-0.25, -0.2) is 15.0 Å². The largest absolute Gasteiger partial charge is 0.457 e. The second-order valence-electron chi connectivity index (χ2n) is 12.9. The summed E-state index contributed by atoms with van der Waals surface area (Å²) in [6, 6.07) is 33.7. The third kappa shape index (κ3) is 5.14. The number of nitrogens with zero attached hydrogens (tertiary/aromatic N) is 3. The Balaban J connectivity index is 1.33. The van der Waals surface area contributed by atoms with E-state index in [0.717, 1.165) is 21.9 Å². The zero-order chi connectivity index (χ0) is 36.7. The van der Waals surface area contributed by atoms with E-state index >= 15 is 0 Å². The second-order valence-corrected chi connectivity index (χ2v) is 12.9. The summed E-state index contributed by atoms with van der Waals surface area (Å²) in [5.41, 5.74) is 5.62. The van der Waals surface area contributed by atoms with Crippen molar-refractivity contribution >= 4 is 150 Å². The molecule has 0 atom stereocenters. The highest BCUT2D eigenvalue weighted by atomic mass is 16.3. The van der Waals surface area contributed by atoms with Crippen molar-refractivity contribution in [2.75, 3.05) is 0 Å². The van der Waals surface area contributed by atoms with Crippen molar-refractivity contribution in [1.29, 1.82) is 0 Å². The lowest BCUT2D eigenvalue weighted by atomic mass is 9.61. The Morgan fingerprint density at radius 2 is 0.925 bits per heavy atom. The number of hydrogen-bond acceptors (Lipinski definition) is 4. The molecule has 0 aliphatic rings. The molecule has 0 aliphatic heterocycles. The van der Waals surface area contributed by atoms with Crippen molar-refractivity contribution in [3.63, 3.8) is 0 Å². The molecule has 0 saturated carbocycles. The molecule has 16 radical (unpaired) electrons. The highest BCUT2D eigenvalue weighted by molar-refractivity contribution is 6.71. The van der Waals surface area contributed by atoms with Crippen molar-refractivity contribution in [3.8, 4) is 45.3 Å². The number of hydrogen-bond donors (Lipinski definition) is 0. The van der Waals surface area contributed by atoms with Gasteiger partial charge in [-0.2, -0.15) is 0 Å². The lowest BCUT2D eigenvalue weighted by molar-refractivity contribution is 0.675. The van der Waals surface area contributed by atoms with Crippen LogP contribution in [0.3, 0.4) is 0 Å². The molecule has 226 valence electrons. The molecule has 53 heavy (non-hydrogen) atoms. The summed E-state index contributed by atoms with van der Waals surface area (Å²) in [6.45, 7) is 0. The molecule has 7 aromatic carbocycles. The van der Waals surface area contributed by atoms with Gasteiger partial charge in [0.15, 0.2) is 17.5 Å². The predicted octanol–water partition coefficient (Wildman–Crippen LogP) is 1.10. The number of rotatable bonds is 4. The van der Waals surface area contributed by atoms with E-state index in [2.05, 4.69) is 24.3 Å². The molecule has 0 saturated heterocycles. The maximum Gasteiger partial charge on any atom is 0.164 e. The van der Waals surface area contributed by atoms with Gasteiger partial charge in [0, 0.05) is 27.5 Å². The molecule has 2 heterocycles. The van der Waals surface area contributed by atoms with Crippen molar-refractivity contribution < 1.29 is 4.42 Å². The van der Waals surface area contributed by atoms with Gasteiger partial charge in [0.1, 0.15) is 73.9 Å². The second kappa shape index (κ2) is 12.5. The molecule has 0 aliphatic carbocycles. The number of furan rings is 1. The summed E-state index contributed by atoms with van der Waals surface area (Å²) in [7, 11) is 52.4. The van der Waals surface area contributed by atoms with E-state index in [1.807, 2.05) is 78.9 Å². The zero-order valence-electron chi connectivity index (χ0n) is 28.2. The Bertz CT molecular complexity index is 3000. The third-order valence-corrected chi connectivity index (χ3v) is 9.91. The standard InChI is InChI=1S/C41H17B8N3O/c42-29-24(17-25-26-27-28(31(44)34(47)33(46)30(27)43)32(45)36(49)38(26)53-37(25)35(29)48)22-12-6-7-13-23(22)41-51-39(19-9-2-1-3-10-19)50-40(52-41)21-15-14-18-8-4-5-11-20(18)16-21/h1-17H. The Kier molecular flexibility index (Phi) is 7.85. The van der Waals surface area contributed by atoms with Crippen LogP contribution in [0.25, 0.3) is 88.8 Å². The van der Waals surface area contributed by atoms with E-state index in [0.29, 0.717) is 61.3 Å². The van der Waals surface area contributed by atoms with Gasteiger partial charge < -0.3 is 4.42 Å². The van der Waals surface area contributed by atoms with E-state index in [9.17, 15) is 0 Å². The van der Waals surface area contributed by atoms with Gasteiger partial charge in [-0.1, -0.05) is 124 Å². The van der Waals surface area contributed by atoms with Crippen LogP contribution in [0.4, 0.5) is 0 Å². The first-order valence-electron chi connectivity index (χ1n) is 16.7. The van der Waals surface area contributed by atoms with Crippen molar-refractivity contribution in [2.24, 2.45) is 0 Å². The summed E-state index contributed by atoms with van der Waals surface area (Å²) < 4.78 is 6.30. The third-order valence-electron chi connectivity index (χ3n) is 9.91. The first kappa shape index (κ1) is 33.2. The van der Waals surface area contributed by atoms with Crippen LogP contribution in [0.15, 0.2) is 108 Å². The molecule has 0 bridgehead atoms. The lowest BCUT2D eigenvalue weighted by Gasteiger charge is -2.20. The lowest BCUT2D eigenvalue weighted by Crippen LogP contribution is -2.50. The predicted molar refractivity (Wildman–Crippen MR) is 227 cm³/mol. The SMILES string of the molecule is [B]c1c(-c2ccccc2-c2nc(-c3ccccc3)nc(-c3ccc4ccccc4c3)n2)cc2c(oc3c([B])c([B])c4c([B])c([B])c([B])c([B])c4c32)c1[B]. The molecule has 0 spiro atoms. The normalized spacial score (nSPS) is 11.6. The highest BCUT2D eigenvalue weighted by Gasteiger charge is 2.23. The maximum atomic E-state index is 6.85. The highest BCUT2D eigenvalue weighted by Crippen LogP contribution is 2.36. The van der Waals surface area contributed by atoms with Crippen LogP contribution in [-0.4, -0.2) is 77.7 Å². The molecule has 2 aromatic heterocycles. The molecular weight excluding hydrogens is 637 g/mol. The van der Waals surface area contributed by atoms with Gasteiger partial charge in [-0.15, -0.1) is 10.9 Å². The van der Waals surface area contributed by atoms with Gasteiger partial charge in [-0.05, 0) is 44.8 Å². The first-order valence-corrected chi connectivity index (χ1v) is 16.7. The topological polar surface area (TPSA) is 51.8 Å². The van der Waals surface area contributed by atoms with Gasteiger partial charge in [0.2, 0.25) is 0 Å². The molecular formula is C41H17B8N3O. The minimum Gasteiger partial charge on any atom is -0.457 e. The minimum atomic E-state index is 0.113. The molecule has 0 unspecified atom stereocenters. The first-order chi connectivity index (χ1) is 25.6. The van der Waals surface area contributed by atoms with Gasteiger partial charge >= 0.3 is 0 Å². The van der Waals surface area contributed by atoms with Gasteiger partial charge in [-0.3, -0.25) is 0 Å². The van der Waals surface area contributed by atoms with E-state index < -0.39 is 0 Å². The summed E-state index contributed by atoms with van der Waals surface area (Å²) in [5.74, 6) is 1.47. The molecule has 12 heteroatoms. The Labute approximate surface area is 316 Å². The van der Waals surface area contributed by atoms with E-state index in [1.54, 1.807) is 0 Å². The zero-order valence-corrected chi connectivity index (χ0v) is 28.2. The van der Waals surface area contributed by atoms with Crippen LogP contribution in [0.5, 0.6) is 0 Å². The molecule has 0 N–H and O–H groups in total. The Morgan fingerprint density at radius 3 is 1.66 bits per heavy atom. The minimum absolute atomic E-state index is 0.113. The fraction of sp³-hybridized carbons (Fsp3) is 0. The summed E-state index contributed by atoms with van der Waals surface area (Å²) >= 11 is 0. The molecule has 9 aromatic rings. The quantitative estimate of drug-likeness (QED) is 0.267. The molecule has 0 amide bonds. The van der Waals surface area contributed by atoms with E-state index in [1.165, 1.54) is 0 Å². The Hall–Kier alpha value is -5.61. The summed E-state index contributed by atoms with van der Waals surface area (Å²) in [4.78, 5) is 15.0. The molecule has 9 rings (SSSR count). The molecule has 4 nitrogen and oxygen atoms in total. The van der Waals surface area contributed by atoms with Crippen LogP contribution in [0.1, 0.15) is 0 Å². The van der Waals surface area contributed by atoms with Crippen LogP contribution in [0.2, 0.25) is 0 Å². The number of fused-ring (bicyclic) bond motifs is 6. The monoisotopic (exact) mass is 655 g/mol. The average Bonchev–Trinajstić information content (AvgIpc) is 3.58. The van der Waals surface area contributed by atoms with E-state index in [4.69, 9.17) is 82.1 Å². The fourth-order valence-electron chi connectivity index (χ4n) is 7.14. The van der Waals surface area contributed by atoms with Crippen molar-refractivity contribution in [1.82, 2.24) is 15.0 Å². The van der Waals surface area contributed by atoms with Gasteiger partial charge in [0.25, 0.3) is 0 Å². The molecule has 0 fully saturated rings. The number of aromatic nitrogens is 3. The van der Waals surface area contributed by atoms with Crippen molar-refractivity contribution in [3.05, 3.63) is 103 Å². The van der Waals surface area contributed by atoms with E-state index in [-0.39, 0.29) is 49.3 Å². The fourth-order valence-corrected chi connectivity index (χ4v) is 7.14. The van der Waals surface area contributed by atoms with Crippen LogP contribution in [0, 0.1) is 0 Å². The average molecular weight is 654 g/mol. The van der Waals surface area contributed by atoms with Crippen LogP contribution < -0.4 is 43.7 Å². The van der Waals surface area contributed by atoms with Crippen LogP contribution >= 0.6 is 0 Å². The number of benzene rings is 7. The van der Waals surface area contributed by atoms with Crippen LogP contribution in [-0.2, 0) is 0 Å². The Morgan fingerprint density at radius 1 is 0.358 bits per heavy atom. The van der Waals surface area contributed by atoms with Crippen molar-refractivity contribution in [2.45, 2.75) is 0 Å². The summed E-state index contributed by atoms with van der Waals surface area (Å²) in [6.07, 6.45) is 0.